The summed E-state index contributed by atoms with van der Waals surface area (Å²) in [5, 5.41) is 7.63. The van der Waals surface area contributed by atoms with Crippen LogP contribution in [0, 0.1) is 0 Å². The molecule has 29 heavy (non-hydrogen) atoms. The van der Waals surface area contributed by atoms with Crippen molar-refractivity contribution >= 4 is 34.3 Å². The molecule has 1 aliphatic rings. The molecule has 1 aliphatic heterocycles. The third kappa shape index (κ3) is 3.54. The van der Waals surface area contributed by atoms with Gasteiger partial charge in [0.15, 0.2) is 10.9 Å². The van der Waals surface area contributed by atoms with E-state index in [1.165, 1.54) is 16.8 Å². The van der Waals surface area contributed by atoms with Gasteiger partial charge in [-0.15, -0.1) is 0 Å². The van der Waals surface area contributed by atoms with E-state index in [2.05, 4.69) is 15.1 Å². The summed E-state index contributed by atoms with van der Waals surface area (Å²) in [5.74, 6) is 1.39. The van der Waals surface area contributed by atoms with Gasteiger partial charge in [0.1, 0.15) is 23.1 Å². The lowest BCUT2D eigenvalue weighted by Crippen LogP contribution is -2.28. The van der Waals surface area contributed by atoms with Gasteiger partial charge < -0.3 is 8.83 Å². The van der Waals surface area contributed by atoms with Crippen molar-refractivity contribution < 1.29 is 13.6 Å². The number of carbonyl (C=O) groups excluding carboxylic acids is 1. The summed E-state index contributed by atoms with van der Waals surface area (Å²) < 4.78 is 11.5. The van der Waals surface area contributed by atoms with Crippen molar-refractivity contribution in [1.29, 1.82) is 0 Å². The number of aromatic nitrogens is 2. The Morgan fingerprint density at radius 3 is 2.79 bits per heavy atom. The van der Waals surface area contributed by atoms with E-state index in [1.807, 2.05) is 42.5 Å². The summed E-state index contributed by atoms with van der Waals surface area (Å²) >= 11 is 1.28. The van der Waals surface area contributed by atoms with Crippen LogP contribution in [-0.4, -0.2) is 32.3 Å². The Labute approximate surface area is 170 Å². The molecule has 1 unspecified atom stereocenters. The summed E-state index contributed by atoms with van der Waals surface area (Å²) in [6, 6.07) is 14.8. The molecule has 1 atom stereocenters. The van der Waals surface area contributed by atoms with Crippen molar-refractivity contribution in [2.75, 3.05) is 5.75 Å². The molecule has 8 heteroatoms. The van der Waals surface area contributed by atoms with Crippen LogP contribution in [0.15, 0.2) is 86.3 Å². The second-order valence-corrected chi connectivity index (χ2v) is 7.43. The molecule has 3 aromatic heterocycles. The number of para-hydroxylation sites is 1. The quantitative estimate of drug-likeness (QED) is 0.364. The third-order valence-electron chi connectivity index (χ3n) is 4.61. The van der Waals surface area contributed by atoms with Crippen molar-refractivity contribution in [3.63, 3.8) is 0 Å². The first-order valence-corrected chi connectivity index (χ1v) is 10.1. The molecule has 5 rings (SSSR count). The largest absolute Gasteiger partial charge is 0.467 e. The van der Waals surface area contributed by atoms with E-state index in [0.717, 1.165) is 16.7 Å². The predicted molar refractivity (Wildman–Crippen MR) is 108 cm³/mol. The fourth-order valence-electron chi connectivity index (χ4n) is 3.27. The molecule has 4 aromatic rings. The number of thioether (sulfide) groups is 1. The molecule has 1 aromatic carbocycles. The van der Waals surface area contributed by atoms with Crippen molar-refractivity contribution in [2.45, 2.75) is 17.6 Å². The highest BCUT2D eigenvalue weighted by atomic mass is 32.2. The minimum atomic E-state index is -0.307. The van der Waals surface area contributed by atoms with Crippen molar-refractivity contribution in [3.8, 4) is 0 Å². The van der Waals surface area contributed by atoms with Gasteiger partial charge in [-0.3, -0.25) is 4.79 Å². The van der Waals surface area contributed by atoms with Gasteiger partial charge in [-0.2, -0.15) is 5.10 Å². The topological polar surface area (TPSA) is 84.7 Å². The van der Waals surface area contributed by atoms with E-state index >= 15 is 0 Å². The second-order valence-electron chi connectivity index (χ2n) is 6.49. The van der Waals surface area contributed by atoms with E-state index in [9.17, 15) is 4.79 Å². The first kappa shape index (κ1) is 17.7. The maximum Gasteiger partial charge on any atom is 0.253 e. The van der Waals surface area contributed by atoms with Crippen LogP contribution in [0.2, 0.25) is 0 Å². The molecule has 4 heterocycles. The molecule has 0 fully saturated rings. The standard InChI is InChI=1S/C21H16N4O3S/c26-20(13-29-21-22-8-4-9-23-21)25-16(18-7-3-10-27-18)12-15(24-25)19-11-14-5-1-2-6-17(14)28-19/h1-11,16H,12-13H2. The maximum absolute atomic E-state index is 12.9. The van der Waals surface area contributed by atoms with Gasteiger partial charge in [0.2, 0.25) is 0 Å². The van der Waals surface area contributed by atoms with Crippen molar-refractivity contribution in [1.82, 2.24) is 15.0 Å². The lowest BCUT2D eigenvalue weighted by atomic mass is 10.1. The summed E-state index contributed by atoms with van der Waals surface area (Å²) in [6.07, 6.45) is 5.42. The molecule has 0 spiro atoms. The van der Waals surface area contributed by atoms with Crippen LogP contribution < -0.4 is 0 Å². The highest BCUT2D eigenvalue weighted by molar-refractivity contribution is 7.99. The minimum absolute atomic E-state index is 0.144. The zero-order valence-corrected chi connectivity index (χ0v) is 16.1. The molecule has 0 saturated carbocycles. The number of carbonyl (C=O) groups is 1. The van der Waals surface area contributed by atoms with Crippen LogP contribution in [0.4, 0.5) is 0 Å². The van der Waals surface area contributed by atoms with Crippen LogP contribution in [0.3, 0.4) is 0 Å². The Balaban J connectivity index is 1.42. The van der Waals surface area contributed by atoms with E-state index in [4.69, 9.17) is 8.83 Å². The number of hydrazone groups is 1. The summed E-state index contributed by atoms with van der Waals surface area (Å²) in [5.41, 5.74) is 1.51. The summed E-state index contributed by atoms with van der Waals surface area (Å²) in [4.78, 5) is 21.2. The summed E-state index contributed by atoms with van der Waals surface area (Å²) in [7, 11) is 0. The number of fused-ring (bicyclic) bond motifs is 1. The number of furan rings is 2. The highest BCUT2D eigenvalue weighted by Gasteiger charge is 2.36. The number of hydrogen-bond acceptors (Lipinski definition) is 7. The zero-order valence-electron chi connectivity index (χ0n) is 15.3. The van der Waals surface area contributed by atoms with Gasteiger partial charge in [0.25, 0.3) is 5.91 Å². The lowest BCUT2D eigenvalue weighted by Gasteiger charge is -2.19. The van der Waals surface area contributed by atoms with Gasteiger partial charge >= 0.3 is 0 Å². The number of hydrogen-bond donors (Lipinski definition) is 0. The SMILES string of the molecule is O=C(CSc1ncccn1)N1N=C(c2cc3ccccc3o2)CC1c1ccco1. The smallest absolute Gasteiger partial charge is 0.253 e. The average molecular weight is 404 g/mol. The number of benzene rings is 1. The maximum atomic E-state index is 12.9. The van der Waals surface area contributed by atoms with Crippen LogP contribution in [-0.2, 0) is 4.79 Å². The van der Waals surface area contributed by atoms with Gasteiger partial charge in [0, 0.05) is 24.2 Å². The normalized spacial score (nSPS) is 16.3. The molecule has 0 N–H and O–H groups in total. The molecular formula is C21H16N4O3S. The zero-order chi connectivity index (χ0) is 19.6. The Hall–Kier alpha value is -3.39. The molecule has 0 bridgehead atoms. The molecular weight excluding hydrogens is 388 g/mol. The Morgan fingerprint density at radius 2 is 2.00 bits per heavy atom. The van der Waals surface area contributed by atoms with Gasteiger partial charge in [0.05, 0.1) is 12.0 Å². The van der Waals surface area contributed by atoms with E-state index < -0.39 is 0 Å². The molecule has 0 radical (unpaired) electrons. The van der Waals surface area contributed by atoms with E-state index in [1.54, 1.807) is 24.7 Å². The first-order valence-electron chi connectivity index (χ1n) is 9.09. The highest BCUT2D eigenvalue weighted by Crippen LogP contribution is 2.35. The van der Waals surface area contributed by atoms with Gasteiger partial charge in [-0.1, -0.05) is 30.0 Å². The van der Waals surface area contributed by atoms with Gasteiger partial charge in [-0.05, 0) is 30.3 Å². The molecule has 7 nitrogen and oxygen atoms in total. The fourth-order valence-corrected chi connectivity index (χ4v) is 3.92. The monoisotopic (exact) mass is 404 g/mol. The Morgan fingerprint density at radius 1 is 1.14 bits per heavy atom. The number of nitrogens with zero attached hydrogens (tertiary/aromatic N) is 4. The predicted octanol–water partition coefficient (Wildman–Crippen LogP) is 4.29. The number of amides is 1. The minimum Gasteiger partial charge on any atom is -0.467 e. The van der Waals surface area contributed by atoms with Gasteiger partial charge in [-0.25, -0.2) is 15.0 Å². The number of rotatable bonds is 5. The van der Waals surface area contributed by atoms with E-state index in [0.29, 0.717) is 23.1 Å². The van der Waals surface area contributed by atoms with Crippen molar-refractivity contribution in [2.24, 2.45) is 5.10 Å². The first-order chi connectivity index (χ1) is 14.3. The fraction of sp³-hybridized carbons (Fsp3) is 0.143. The molecule has 144 valence electrons. The average Bonchev–Trinajstić information content (AvgIpc) is 3.51. The van der Waals surface area contributed by atoms with Crippen LogP contribution in [0.25, 0.3) is 11.0 Å². The van der Waals surface area contributed by atoms with E-state index in [-0.39, 0.29) is 17.7 Å². The lowest BCUT2D eigenvalue weighted by molar-refractivity contribution is -0.130. The summed E-state index contributed by atoms with van der Waals surface area (Å²) in [6.45, 7) is 0. The molecule has 0 saturated heterocycles. The van der Waals surface area contributed by atoms with Crippen LogP contribution in [0.1, 0.15) is 24.0 Å². The second kappa shape index (κ2) is 7.56. The molecule has 1 amide bonds. The Bertz CT molecular complexity index is 1140. The van der Waals surface area contributed by atoms with Crippen molar-refractivity contribution in [3.05, 3.63) is 78.7 Å². The van der Waals surface area contributed by atoms with Crippen LogP contribution in [0.5, 0.6) is 0 Å². The van der Waals surface area contributed by atoms with Crippen LogP contribution >= 0.6 is 11.8 Å². The molecule has 0 aliphatic carbocycles. The third-order valence-corrected chi connectivity index (χ3v) is 5.47. The Kier molecular flexibility index (Phi) is 4.61.